The van der Waals surface area contributed by atoms with Gasteiger partial charge in [-0.2, -0.15) is 0 Å². The lowest BCUT2D eigenvalue weighted by Crippen LogP contribution is -2.11. The fraction of sp³-hybridized carbons (Fsp3) is 0.286. The summed E-state index contributed by atoms with van der Waals surface area (Å²) in [5.41, 5.74) is 18.0. The molecular weight excluding hydrogens is 427 g/mol. The topological polar surface area (TPSA) is 94.9 Å². The monoisotopic (exact) mass is 452 g/mol. The van der Waals surface area contributed by atoms with Crippen LogP contribution in [-0.4, -0.2) is 15.9 Å². The third kappa shape index (κ3) is 5.54. The summed E-state index contributed by atoms with van der Waals surface area (Å²) < 4.78 is 0. The number of rotatable bonds is 6. The predicted octanol–water partition coefficient (Wildman–Crippen LogP) is 4.78. The number of carbonyl (C=O) groups is 1. The van der Waals surface area contributed by atoms with Crippen LogP contribution >= 0.6 is 36.2 Å². The quantitative estimate of drug-likeness (QED) is 0.562. The molecule has 2 heterocycles. The molecule has 0 fully saturated rings. The van der Waals surface area contributed by atoms with E-state index in [2.05, 4.69) is 50.0 Å². The first kappa shape index (κ1) is 25.0. The average Bonchev–Trinajstić information content (AvgIpc) is 3.12. The maximum absolute atomic E-state index is 11.5. The van der Waals surface area contributed by atoms with Gasteiger partial charge in [-0.1, -0.05) is 43.7 Å². The van der Waals surface area contributed by atoms with Crippen molar-refractivity contribution in [2.45, 2.75) is 33.7 Å². The summed E-state index contributed by atoms with van der Waals surface area (Å²) in [6, 6.07) is 8.35. The highest BCUT2D eigenvalue weighted by Crippen LogP contribution is 2.37. The number of hydrogen-bond donors (Lipinski definition) is 2. The number of benzene rings is 1. The zero-order valence-electron chi connectivity index (χ0n) is 16.6. The Bertz CT molecular complexity index is 971. The Labute approximate surface area is 187 Å². The van der Waals surface area contributed by atoms with Gasteiger partial charge in [0, 0.05) is 29.4 Å². The second kappa shape index (κ2) is 10.7. The van der Waals surface area contributed by atoms with E-state index in [1.54, 1.807) is 5.38 Å². The lowest BCUT2D eigenvalue weighted by atomic mass is 9.91. The number of aromatic nitrogens is 2. The third-order valence-corrected chi connectivity index (χ3v) is 5.28. The van der Waals surface area contributed by atoms with Crippen LogP contribution in [0.1, 0.15) is 41.2 Å². The van der Waals surface area contributed by atoms with Gasteiger partial charge in [0.05, 0.1) is 0 Å². The van der Waals surface area contributed by atoms with Crippen molar-refractivity contribution in [2.75, 3.05) is 0 Å². The molecule has 0 aliphatic carbocycles. The number of aryl methyl sites for hydroxylation is 1. The lowest BCUT2D eigenvalue weighted by Gasteiger charge is -2.18. The van der Waals surface area contributed by atoms with Crippen LogP contribution in [0.15, 0.2) is 35.8 Å². The molecule has 3 rings (SSSR count). The summed E-state index contributed by atoms with van der Waals surface area (Å²) in [6.07, 6.45) is 2.70. The normalized spacial score (nSPS) is 10.4. The molecule has 0 unspecified atom stereocenters. The SMILES string of the molecule is Cc1ccc(-c2c(-c3nc(C(N)=O)cs3)cnc(CC(C)C)c2CN)cc1.Cl.Cl. The summed E-state index contributed by atoms with van der Waals surface area (Å²) in [6.45, 7) is 6.79. The summed E-state index contributed by atoms with van der Waals surface area (Å²) in [5.74, 6) is -0.0568. The van der Waals surface area contributed by atoms with E-state index < -0.39 is 5.91 Å². The summed E-state index contributed by atoms with van der Waals surface area (Å²) in [5, 5.41) is 2.40. The summed E-state index contributed by atoms with van der Waals surface area (Å²) >= 11 is 1.39. The van der Waals surface area contributed by atoms with Gasteiger partial charge in [-0.05, 0) is 36.0 Å². The van der Waals surface area contributed by atoms with Crippen LogP contribution in [0.4, 0.5) is 0 Å². The Morgan fingerprint density at radius 1 is 1.17 bits per heavy atom. The second-order valence-electron chi connectivity index (χ2n) is 7.04. The molecule has 0 atom stereocenters. The Hall–Kier alpha value is -1.99. The van der Waals surface area contributed by atoms with Crippen LogP contribution in [0.3, 0.4) is 0 Å². The Morgan fingerprint density at radius 2 is 1.83 bits per heavy atom. The molecule has 0 aliphatic rings. The van der Waals surface area contributed by atoms with Crippen molar-refractivity contribution < 1.29 is 4.79 Å². The Kier molecular flexibility index (Phi) is 9.23. The lowest BCUT2D eigenvalue weighted by molar-refractivity contribution is 0.0996. The van der Waals surface area contributed by atoms with E-state index in [0.29, 0.717) is 12.5 Å². The van der Waals surface area contributed by atoms with E-state index in [4.69, 9.17) is 16.5 Å². The van der Waals surface area contributed by atoms with Crippen molar-refractivity contribution >= 4 is 42.1 Å². The Balaban J connectivity index is 0.00000210. The molecule has 0 spiro atoms. The van der Waals surface area contributed by atoms with E-state index >= 15 is 0 Å². The fourth-order valence-corrected chi connectivity index (χ4v) is 3.92. The molecule has 1 amide bonds. The molecule has 1 aromatic carbocycles. The maximum Gasteiger partial charge on any atom is 0.268 e. The minimum Gasteiger partial charge on any atom is -0.364 e. The highest BCUT2D eigenvalue weighted by atomic mass is 35.5. The predicted molar refractivity (Wildman–Crippen MR) is 125 cm³/mol. The number of hydrogen-bond acceptors (Lipinski definition) is 5. The zero-order valence-corrected chi connectivity index (χ0v) is 19.1. The minimum absolute atomic E-state index is 0. The van der Waals surface area contributed by atoms with Gasteiger partial charge in [-0.25, -0.2) is 4.98 Å². The second-order valence-corrected chi connectivity index (χ2v) is 7.90. The van der Waals surface area contributed by atoms with Gasteiger partial charge in [0.1, 0.15) is 10.7 Å². The summed E-state index contributed by atoms with van der Waals surface area (Å²) in [4.78, 5) is 20.6. The van der Waals surface area contributed by atoms with E-state index in [0.717, 1.165) is 39.4 Å². The average molecular weight is 453 g/mol. The molecular formula is C21H26Cl2N4OS. The molecule has 8 heteroatoms. The molecule has 156 valence electrons. The van der Waals surface area contributed by atoms with Crippen LogP contribution < -0.4 is 11.5 Å². The zero-order chi connectivity index (χ0) is 19.6. The van der Waals surface area contributed by atoms with E-state index in [-0.39, 0.29) is 30.5 Å². The Morgan fingerprint density at radius 3 is 2.34 bits per heavy atom. The molecule has 5 nitrogen and oxygen atoms in total. The van der Waals surface area contributed by atoms with E-state index in [9.17, 15) is 4.79 Å². The van der Waals surface area contributed by atoms with Crippen LogP contribution in [0.2, 0.25) is 0 Å². The van der Waals surface area contributed by atoms with Gasteiger partial charge < -0.3 is 11.5 Å². The number of halogens is 2. The van der Waals surface area contributed by atoms with Crippen molar-refractivity contribution in [2.24, 2.45) is 17.4 Å². The number of carbonyl (C=O) groups excluding carboxylic acids is 1. The number of nitrogens with zero attached hydrogens (tertiary/aromatic N) is 2. The number of pyridine rings is 1. The molecule has 0 saturated heterocycles. The number of amides is 1. The minimum atomic E-state index is -0.530. The third-order valence-electron chi connectivity index (χ3n) is 4.40. The maximum atomic E-state index is 11.5. The van der Waals surface area contributed by atoms with Gasteiger partial charge in [0.15, 0.2) is 0 Å². The molecule has 0 radical (unpaired) electrons. The number of thiazole rings is 1. The number of primary amides is 1. The smallest absolute Gasteiger partial charge is 0.268 e. The molecule has 0 saturated carbocycles. The molecule has 2 aromatic heterocycles. The first-order valence-electron chi connectivity index (χ1n) is 8.94. The molecule has 29 heavy (non-hydrogen) atoms. The van der Waals surface area contributed by atoms with Crippen LogP contribution in [-0.2, 0) is 13.0 Å². The molecule has 4 N–H and O–H groups in total. The van der Waals surface area contributed by atoms with Crippen LogP contribution in [0.5, 0.6) is 0 Å². The van der Waals surface area contributed by atoms with Crippen molar-refractivity contribution in [3.8, 4) is 21.7 Å². The van der Waals surface area contributed by atoms with Gasteiger partial charge in [-0.15, -0.1) is 36.2 Å². The van der Waals surface area contributed by atoms with E-state index in [1.807, 2.05) is 6.20 Å². The van der Waals surface area contributed by atoms with Crippen molar-refractivity contribution in [3.63, 3.8) is 0 Å². The van der Waals surface area contributed by atoms with Crippen LogP contribution in [0.25, 0.3) is 21.7 Å². The van der Waals surface area contributed by atoms with Crippen molar-refractivity contribution in [3.05, 3.63) is 58.4 Å². The first-order chi connectivity index (χ1) is 12.9. The molecule has 0 bridgehead atoms. The van der Waals surface area contributed by atoms with Gasteiger partial charge >= 0.3 is 0 Å². The standard InChI is InChI=1S/C21H24N4OS.2ClH/c1-12(2)8-17-15(9-22)19(14-6-4-13(3)5-7-14)16(10-24-17)21-25-18(11-27-21)20(23)26;;/h4-7,10-12H,8-9,22H2,1-3H3,(H2,23,26);2*1H. The van der Waals surface area contributed by atoms with E-state index in [1.165, 1.54) is 16.9 Å². The highest BCUT2D eigenvalue weighted by Gasteiger charge is 2.20. The van der Waals surface area contributed by atoms with Crippen molar-refractivity contribution in [1.29, 1.82) is 0 Å². The van der Waals surface area contributed by atoms with Gasteiger partial charge in [0.25, 0.3) is 5.91 Å². The molecule has 3 aromatic rings. The fourth-order valence-electron chi connectivity index (χ4n) is 3.10. The molecule has 0 aliphatic heterocycles. The van der Waals surface area contributed by atoms with Gasteiger partial charge in [0.2, 0.25) is 0 Å². The number of nitrogens with two attached hydrogens (primary N) is 2. The largest absolute Gasteiger partial charge is 0.364 e. The van der Waals surface area contributed by atoms with Gasteiger partial charge in [-0.3, -0.25) is 9.78 Å². The van der Waals surface area contributed by atoms with Crippen molar-refractivity contribution in [1.82, 2.24) is 9.97 Å². The summed E-state index contributed by atoms with van der Waals surface area (Å²) in [7, 11) is 0. The highest BCUT2D eigenvalue weighted by molar-refractivity contribution is 7.13. The first-order valence-corrected chi connectivity index (χ1v) is 9.82. The van der Waals surface area contributed by atoms with Crippen LogP contribution in [0, 0.1) is 12.8 Å².